The number of anilines is 1. The van der Waals surface area contributed by atoms with Crippen LogP contribution >= 0.6 is 11.3 Å². The van der Waals surface area contributed by atoms with Crippen molar-refractivity contribution < 1.29 is 27.3 Å². The predicted octanol–water partition coefficient (Wildman–Crippen LogP) is 3.74. The summed E-state index contributed by atoms with van der Waals surface area (Å²) < 4.78 is 36.9. The molecule has 0 atom stereocenters. The summed E-state index contributed by atoms with van der Waals surface area (Å²) in [6.07, 6.45) is 1.16. The Labute approximate surface area is 209 Å². The lowest BCUT2D eigenvalue weighted by Crippen LogP contribution is -2.26. The van der Waals surface area contributed by atoms with Gasteiger partial charge < -0.3 is 9.15 Å². The van der Waals surface area contributed by atoms with Gasteiger partial charge in [0.1, 0.15) is 10.7 Å². The minimum absolute atomic E-state index is 0.0223. The van der Waals surface area contributed by atoms with E-state index in [1.54, 1.807) is 18.2 Å². The topological polar surface area (TPSA) is 148 Å². The normalized spacial score (nSPS) is 11.9. The number of furan rings is 1. The number of aromatic nitrogens is 1. The fourth-order valence-corrected chi connectivity index (χ4v) is 4.88. The molecule has 0 spiro atoms. The molecule has 0 unspecified atom stereocenters. The monoisotopic (exact) mass is 529 g/mol. The summed E-state index contributed by atoms with van der Waals surface area (Å²) in [5.41, 5.74) is 0.747. The highest BCUT2D eigenvalue weighted by Gasteiger charge is 2.23. The maximum atomic E-state index is 13.4. The Hall–Kier alpha value is -4.14. The molecule has 1 amide bonds. The number of rotatable bonds is 8. The minimum Gasteiger partial charge on any atom is -0.497 e. The largest absolute Gasteiger partial charge is 0.497 e. The second-order valence-corrected chi connectivity index (χ2v) is 10.6. The SMILES string of the molecule is COc1ccc2nc(N(/N=C/c3ccc([N+](=O)[O-])o3)C(=O)c3ccc(S(=O)(=O)N(C)C)cc3)sc2c1. The molecule has 0 N–H and O–H groups in total. The number of nitro groups is 1. The molecule has 14 heteroatoms. The molecule has 0 aliphatic heterocycles. The van der Waals surface area contributed by atoms with E-state index in [9.17, 15) is 23.3 Å². The summed E-state index contributed by atoms with van der Waals surface area (Å²) >= 11 is 1.17. The molecule has 4 rings (SSSR count). The third kappa shape index (κ3) is 4.95. The van der Waals surface area contributed by atoms with Crippen molar-refractivity contribution in [3.8, 4) is 5.75 Å². The third-order valence-corrected chi connectivity index (χ3v) is 7.75. The molecule has 36 heavy (non-hydrogen) atoms. The van der Waals surface area contributed by atoms with Crippen molar-refractivity contribution in [3.05, 3.63) is 76.0 Å². The number of benzene rings is 2. The van der Waals surface area contributed by atoms with E-state index in [-0.39, 0.29) is 21.4 Å². The van der Waals surface area contributed by atoms with E-state index in [4.69, 9.17) is 9.15 Å². The third-order valence-electron chi connectivity index (χ3n) is 4.93. The van der Waals surface area contributed by atoms with Crippen LogP contribution in [0.25, 0.3) is 10.2 Å². The number of sulfonamides is 1. The standard InChI is InChI=1S/C22H19N5O7S2/c1-25(2)36(31,32)17-8-4-14(5-9-17)21(28)26(23-13-16-7-11-20(34-16)27(29)30)22-24-18-10-6-15(33-3)12-19(18)35-22/h4-13H,1-3H3/b23-13+. The van der Waals surface area contributed by atoms with Crippen molar-refractivity contribution in [1.82, 2.24) is 9.29 Å². The molecule has 2 heterocycles. The predicted molar refractivity (Wildman–Crippen MR) is 133 cm³/mol. The first kappa shape index (κ1) is 25.0. The second-order valence-electron chi connectivity index (χ2n) is 7.44. The van der Waals surface area contributed by atoms with Crippen LogP contribution in [0.1, 0.15) is 16.1 Å². The Kier molecular flexibility index (Phi) is 6.83. The molecular formula is C22H19N5O7S2. The van der Waals surface area contributed by atoms with Crippen LogP contribution in [0, 0.1) is 10.1 Å². The number of hydrogen-bond acceptors (Lipinski definition) is 10. The Morgan fingerprint density at radius 1 is 1.17 bits per heavy atom. The van der Waals surface area contributed by atoms with E-state index in [0.29, 0.717) is 11.3 Å². The fourth-order valence-electron chi connectivity index (χ4n) is 3.03. The molecule has 0 aliphatic rings. The lowest BCUT2D eigenvalue weighted by molar-refractivity contribution is -0.402. The number of carbonyl (C=O) groups is 1. The van der Waals surface area contributed by atoms with E-state index in [1.165, 1.54) is 68.9 Å². The van der Waals surface area contributed by atoms with Gasteiger partial charge in [-0.05, 0) is 48.5 Å². The summed E-state index contributed by atoms with van der Waals surface area (Å²) in [5, 5.41) is 16.3. The van der Waals surface area contributed by atoms with Gasteiger partial charge in [-0.2, -0.15) is 10.1 Å². The Morgan fingerprint density at radius 3 is 2.50 bits per heavy atom. The number of amides is 1. The van der Waals surface area contributed by atoms with E-state index in [2.05, 4.69) is 10.1 Å². The molecular weight excluding hydrogens is 510 g/mol. The maximum Gasteiger partial charge on any atom is 0.433 e. The van der Waals surface area contributed by atoms with Crippen LogP contribution in [0.4, 0.5) is 11.0 Å². The first-order chi connectivity index (χ1) is 17.1. The second kappa shape index (κ2) is 9.85. The zero-order chi connectivity index (χ0) is 26.0. The maximum absolute atomic E-state index is 13.4. The van der Waals surface area contributed by atoms with E-state index < -0.39 is 26.7 Å². The summed E-state index contributed by atoms with van der Waals surface area (Å²) in [6, 6.07) is 13.1. The molecule has 2 aromatic heterocycles. The Bertz CT molecular complexity index is 1570. The molecule has 0 radical (unpaired) electrons. The van der Waals surface area contributed by atoms with Crippen LogP contribution in [-0.2, 0) is 10.0 Å². The van der Waals surface area contributed by atoms with Gasteiger partial charge in [0.05, 0.1) is 34.5 Å². The van der Waals surface area contributed by atoms with Crippen LogP contribution in [0.5, 0.6) is 5.75 Å². The molecule has 186 valence electrons. The van der Waals surface area contributed by atoms with Gasteiger partial charge in [-0.15, -0.1) is 0 Å². The van der Waals surface area contributed by atoms with Crippen molar-refractivity contribution in [1.29, 1.82) is 0 Å². The number of carbonyl (C=O) groups excluding carboxylic acids is 1. The highest BCUT2D eigenvalue weighted by Crippen LogP contribution is 2.32. The zero-order valence-corrected chi connectivity index (χ0v) is 20.8. The van der Waals surface area contributed by atoms with Gasteiger partial charge >= 0.3 is 5.88 Å². The summed E-state index contributed by atoms with van der Waals surface area (Å²) in [4.78, 5) is 28.1. The van der Waals surface area contributed by atoms with Gasteiger partial charge in [-0.3, -0.25) is 14.9 Å². The molecule has 0 fully saturated rings. The van der Waals surface area contributed by atoms with Crippen LogP contribution < -0.4 is 9.75 Å². The van der Waals surface area contributed by atoms with Crippen molar-refractivity contribution in [2.24, 2.45) is 5.10 Å². The number of fused-ring (bicyclic) bond motifs is 1. The van der Waals surface area contributed by atoms with Crippen LogP contribution in [-0.4, -0.2) is 56.0 Å². The molecule has 0 saturated carbocycles. The van der Waals surface area contributed by atoms with E-state index >= 15 is 0 Å². The van der Waals surface area contributed by atoms with Crippen molar-refractivity contribution >= 4 is 54.7 Å². The average molecular weight is 530 g/mol. The lowest BCUT2D eigenvalue weighted by atomic mass is 10.2. The quantitative estimate of drug-likeness (QED) is 0.190. The molecule has 0 aliphatic carbocycles. The average Bonchev–Trinajstić information content (AvgIpc) is 3.51. The van der Waals surface area contributed by atoms with Gasteiger partial charge in [-0.1, -0.05) is 11.3 Å². The van der Waals surface area contributed by atoms with Crippen LogP contribution in [0.15, 0.2) is 69.0 Å². The molecule has 0 bridgehead atoms. The fraction of sp³-hybridized carbons (Fsp3) is 0.136. The number of nitrogens with zero attached hydrogens (tertiary/aromatic N) is 5. The van der Waals surface area contributed by atoms with Gasteiger partial charge in [0, 0.05) is 19.7 Å². The van der Waals surface area contributed by atoms with Crippen LogP contribution in [0.3, 0.4) is 0 Å². The van der Waals surface area contributed by atoms with Gasteiger partial charge in [-0.25, -0.2) is 17.7 Å². The highest BCUT2D eigenvalue weighted by atomic mass is 32.2. The summed E-state index contributed by atoms with van der Waals surface area (Å²) in [7, 11) is 0.674. The highest BCUT2D eigenvalue weighted by molar-refractivity contribution is 7.89. The van der Waals surface area contributed by atoms with Crippen molar-refractivity contribution in [2.45, 2.75) is 4.90 Å². The number of ether oxygens (including phenoxy) is 1. The van der Waals surface area contributed by atoms with Crippen molar-refractivity contribution in [3.63, 3.8) is 0 Å². The van der Waals surface area contributed by atoms with Crippen molar-refractivity contribution in [2.75, 3.05) is 26.2 Å². The number of methoxy groups -OCH3 is 1. The first-order valence-electron chi connectivity index (χ1n) is 10.2. The van der Waals surface area contributed by atoms with Gasteiger partial charge in [0.2, 0.25) is 15.2 Å². The number of thiazole rings is 1. The summed E-state index contributed by atoms with van der Waals surface area (Å²) in [5.74, 6) is -0.416. The van der Waals surface area contributed by atoms with E-state index in [1.807, 2.05) is 0 Å². The van der Waals surface area contributed by atoms with Gasteiger partial charge in [0.25, 0.3) is 5.91 Å². The Morgan fingerprint density at radius 2 is 1.89 bits per heavy atom. The molecule has 0 saturated heterocycles. The van der Waals surface area contributed by atoms with Gasteiger partial charge in [0.15, 0.2) is 5.76 Å². The van der Waals surface area contributed by atoms with E-state index in [0.717, 1.165) is 20.2 Å². The van der Waals surface area contributed by atoms with Crippen LogP contribution in [0.2, 0.25) is 0 Å². The molecule has 4 aromatic rings. The molecule has 12 nitrogen and oxygen atoms in total. The molecule has 2 aromatic carbocycles. The first-order valence-corrected chi connectivity index (χ1v) is 12.5. The number of hydrazone groups is 1. The Balaban J connectivity index is 1.73. The summed E-state index contributed by atoms with van der Waals surface area (Å²) in [6.45, 7) is 0. The zero-order valence-electron chi connectivity index (χ0n) is 19.2. The lowest BCUT2D eigenvalue weighted by Gasteiger charge is -2.15. The number of hydrogen-bond donors (Lipinski definition) is 0. The smallest absolute Gasteiger partial charge is 0.433 e. The minimum atomic E-state index is -3.68.